The van der Waals surface area contributed by atoms with E-state index in [1.165, 1.54) is 15.7 Å². The Kier molecular flexibility index (Phi) is 5.95. The van der Waals surface area contributed by atoms with Crippen LogP contribution in [0.4, 0.5) is 0 Å². The van der Waals surface area contributed by atoms with Gasteiger partial charge in [-0.25, -0.2) is 4.79 Å². The number of aromatic nitrogens is 2. The molecule has 3 atom stereocenters. The van der Waals surface area contributed by atoms with Gasteiger partial charge in [-0.2, -0.15) is 0 Å². The van der Waals surface area contributed by atoms with Crippen molar-refractivity contribution < 1.29 is 4.74 Å². The predicted molar refractivity (Wildman–Crippen MR) is 125 cm³/mol. The average Bonchev–Trinajstić information content (AvgIpc) is 3.20. The molecule has 31 heavy (non-hydrogen) atoms. The Morgan fingerprint density at radius 1 is 1.13 bits per heavy atom. The third-order valence-corrected chi connectivity index (χ3v) is 7.02. The molecule has 6 nitrogen and oxygen atoms in total. The number of ether oxygens (including phenoxy) is 1. The summed E-state index contributed by atoms with van der Waals surface area (Å²) in [7, 11) is 3.46. The van der Waals surface area contributed by atoms with E-state index in [0.29, 0.717) is 29.3 Å². The molecule has 1 N–H and O–H groups in total. The molecule has 7 heteroatoms. The van der Waals surface area contributed by atoms with E-state index < -0.39 is 0 Å². The van der Waals surface area contributed by atoms with Crippen LogP contribution in [-0.2, 0) is 20.0 Å². The van der Waals surface area contributed by atoms with Gasteiger partial charge in [0.15, 0.2) is 0 Å². The van der Waals surface area contributed by atoms with Gasteiger partial charge in [0.2, 0.25) is 0 Å². The fraction of sp³-hybridized carbons (Fsp3) is 0.417. The van der Waals surface area contributed by atoms with Crippen LogP contribution < -0.4 is 21.3 Å². The lowest BCUT2D eigenvalue weighted by atomic mass is 9.73. The molecule has 2 heterocycles. The van der Waals surface area contributed by atoms with Crippen LogP contribution in [0.5, 0.6) is 5.75 Å². The standard InChI is InChI=1S/C24H27N3O3.ClH/c1-26-20-8-4-3-6-18(20)23(28)27(24(26)29)13-12-19-22-15(14-25-19)10-11-16-17(22)7-5-9-21(16)30-2;/h3-9,15,19,22,25H,10-14H2,1-2H3;1H/t15-,19?,22+;/m0./s1. The molecule has 1 aromatic heterocycles. The van der Waals surface area contributed by atoms with Crippen LogP contribution in [0.2, 0.25) is 0 Å². The highest BCUT2D eigenvalue weighted by Gasteiger charge is 2.40. The van der Waals surface area contributed by atoms with Crippen molar-refractivity contribution in [2.75, 3.05) is 13.7 Å². The number of halogens is 1. The van der Waals surface area contributed by atoms with E-state index in [-0.39, 0.29) is 29.7 Å². The molecule has 0 saturated carbocycles. The molecule has 164 valence electrons. The fourth-order valence-electron chi connectivity index (χ4n) is 5.53. The summed E-state index contributed by atoms with van der Waals surface area (Å²) < 4.78 is 8.57. The van der Waals surface area contributed by atoms with Crippen LogP contribution in [0, 0.1) is 5.92 Å². The summed E-state index contributed by atoms with van der Waals surface area (Å²) in [5, 5.41) is 4.26. The van der Waals surface area contributed by atoms with Gasteiger partial charge in [0, 0.05) is 25.6 Å². The first-order chi connectivity index (χ1) is 14.6. The minimum atomic E-state index is -0.251. The van der Waals surface area contributed by atoms with E-state index in [1.807, 2.05) is 24.3 Å². The zero-order valence-corrected chi connectivity index (χ0v) is 18.7. The zero-order chi connectivity index (χ0) is 20.8. The molecule has 0 bridgehead atoms. The van der Waals surface area contributed by atoms with E-state index in [2.05, 4.69) is 17.4 Å². The number of fused-ring (bicyclic) bond motifs is 4. The van der Waals surface area contributed by atoms with Crippen LogP contribution in [-0.4, -0.2) is 28.8 Å². The summed E-state index contributed by atoms with van der Waals surface area (Å²) in [4.78, 5) is 25.8. The van der Waals surface area contributed by atoms with Gasteiger partial charge in [-0.3, -0.25) is 13.9 Å². The molecule has 0 amide bonds. The first-order valence-corrected chi connectivity index (χ1v) is 10.7. The maximum Gasteiger partial charge on any atom is 0.331 e. The van der Waals surface area contributed by atoms with Gasteiger partial charge in [-0.1, -0.05) is 24.3 Å². The lowest BCUT2D eigenvalue weighted by Crippen LogP contribution is -2.41. The van der Waals surface area contributed by atoms with Crippen LogP contribution >= 0.6 is 12.4 Å². The first-order valence-electron chi connectivity index (χ1n) is 10.7. The van der Waals surface area contributed by atoms with Crippen molar-refractivity contribution in [1.82, 2.24) is 14.5 Å². The zero-order valence-electron chi connectivity index (χ0n) is 17.8. The quantitative estimate of drug-likeness (QED) is 0.676. The first kappa shape index (κ1) is 21.7. The van der Waals surface area contributed by atoms with Crippen molar-refractivity contribution in [2.45, 2.75) is 37.8 Å². The third kappa shape index (κ3) is 3.48. The summed E-state index contributed by atoms with van der Waals surface area (Å²) in [5.74, 6) is 1.95. The van der Waals surface area contributed by atoms with Crippen LogP contribution in [0.15, 0.2) is 52.1 Å². The van der Waals surface area contributed by atoms with Gasteiger partial charge in [0.25, 0.3) is 5.56 Å². The average molecular weight is 442 g/mol. The smallest absolute Gasteiger partial charge is 0.331 e. The number of hydrogen-bond donors (Lipinski definition) is 1. The number of rotatable bonds is 4. The number of nitrogens with zero attached hydrogens (tertiary/aromatic N) is 2. The monoisotopic (exact) mass is 441 g/mol. The van der Waals surface area contributed by atoms with E-state index in [0.717, 1.165) is 31.6 Å². The van der Waals surface area contributed by atoms with Crippen molar-refractivity contribution >= 4 is 23.3 Å². The molecule has 1 fully saturated rings. The molecular formula is C24H28ClN3O3. The Morgan fingerprint density at radius 3 is 2.74 bits per heavy atom. The fourth-order valence-corrected chi connectivity index (χ4v) is 5.53. The van der Waals surface area contributed by atoms with Gasteiger partial charge >= 0.3 is 5.69 Å². The van der Waals surface area contributed by atoms with Crippen molar-refractivity contribution in [2.24, 2.45) is 13.0 Å². The molecule has 0 radical (unpaired) electrons. The van der Waals surface area contributed by atoms with Gasteiger partial charge in [0.1, 0.15) is 5.75 Å². The number of aryl methyl sites for hydroxylation is 1. The van der Waals surface area contributed by atoms with Gasteiger partial charge in [0.05, 0.1) is 18.0 Å². The molecule has 3 aromatic rings. The van der Waals surface area contributed by atoms with E-state index in [4.69, 9.17) is 4.74 Å². The maximum absolute atomic E-state index is 13.0. The van der Waals surface area contributed by atoms with Crippen molar-refractivity contribution in [3.05, 3.63) is 74.4 Å². The second-order valence-corrected chi connectivity index (χ2v) is 8.47. The topological polar surface area (TPSA) is 65.3 Å². The minimum absolute atomic E-state index is 0. The minimum Gasteiger partial charge on any atom is -0.496 e. The second-order valence-electron chi connectivity index (χ2n) is 8.47. The number of para-hydroxylation sites is 1. The van der Waals surface area contributed by atoms with Crippen molar-refractivity contribution in [3.63, 3.8) is 0 Å². The molecule has 1 unspecified atom stereocenters. The normalized spacial score (nSPS) is 21.9. The van der Waals surface area contributed by atoms with Gasteiger partial charge in [-0.15, -0.1) is 12.4 Å². The lowest BCUT2D eigenvalue weighted by Gasteiger charge is -2.32. The molecule has 5 rings (SSSR count). The maximum atomic E-state index is 13.0. The Hall–Kier alpha value is -2.57. The van der Waals surface area contributed by atoms with E-state index in [1.54, 1.807) is 24.8 Å². The molecule has 0 spiro atoms. The van der Waals surface area contributed by atoms with Crippen LogP contribution in [0.1, 0.15) is 29.9 Å². The Labute approximate surface area is 187 Å². The molecular weight excluding hydrogens is 414 g/mol. The van der Waals surface area contributed by atoms with Crippen molar-refractivity contribution in [3.8, 4) is 5.75 Å². The summed E-state index contributed by atoms with van der Waals surface area (Å²) in [6.07, 6.45) is 2.92. The number of methoxy groups -OCH3 is 1. The molecule has 1 aliphatic heterocycles. The second kappa shape index (κ2) is 8.52. The Balaban J connectivity index is 0.00000231. The predicted octanol–water partition coefficient (Wildman–Crippen LogP) is 2.84. The highest BCUT2D eigenvalue weighted by atomic mass is 35.5. The molecule has 2 aliphatic rings. The molecule has 1 aliphatic carbocycles. The Bertz CT molecular complexity index is 1230. The third-order valence-electron chi connectivity index (χ3n) is 7.02. The van der Waals surface area contributed by atoms with Crippen LogP contribution in [0.25, 0.3) is 10.9 Å². The van der Waals surface area contributed by atoms with Crippen molar-refractivity contribution in [1.29, 1.82) is 0 Å². The number of hydrogen-bond acceptors (Lipinski definition) is 4. The summed E-state index contributed by atoms with van der Waals surface area (Å²) in [6.45, 7) is 1.40. The lowest BCUT2D eigenvalue weighted by molar-refractivity contribution is 0.370. The molecule has 2 aromatic carbocycles. The highest BCUT2D eigenvalue weighted by Crippen LogP contribution is 2.45. The van der Waals surface area contributed by atoms with Gasteiger partial charge in [-0.05, 0) is 61.1 Å². The van der Waals surface area contributed by atoms with Crippen LogP contribution in [0.3, 0.4) is 0 Å². The summed E-state index contributed by atoms with van der Waals surface area (Å²) in [6, 6.07) is 13.9. The summed E-state index contributed by atoms with van der Waals surface area (Å²) >= 11 is 0. The van der Waals surface area contributed by atoms with E-state index in [9.17, 15) is 9.59 Å². The number of nitrogens with one attached hydrogen (secondary N) is 1. The van der Waals surface area contributed by atoms with E-state index >= 15 is 0 Å². The highest BCUT2D eigenvalue weighted by molar-refractivity contribution is 5.85. The molecule has 1 saturated heterocycles. The summed E-state index contributed by atoms with van der Waals surface area (Å²) in [5.41, 5.74) is 2.90. The Morgan fingerprint density at radius 2 is 1.94 bits per heavy atom. The largest absolute Gasteiger partial charge is 0.496 e. The van der Waals surface area contributed by atoms with Gasteiger partial charge < -0.3 is 10.1 Å². The SMILES string of the molecule is COc1cccc2c1CC[C@H]1CNC(CCn3c(=O)c4ccccc4n(C)c3=O)[C@@H]21.Cl. The number of benzene rings is 2.